The monoisotopic (exact) mass is 302 g/mol. The van der Waals surface area contributed by atoms with Crippen molar-refractivity contribution in [2.45, 2.75) is 25.5 Å². The molecule has 3 rings (SSSR count). The van der Waals surface area contributed by atoms with Crippen molar-refractivity contribution in [3.8, 4) is 11.1 Å². The van der Waals surface area contributed by atoms with Crippen molar-refractivity contribution in [1.29, 1.82) is 0 Å². The Morgan fingerprint density at radius 2 is 2.14 bits per heavy atom. The van der Waals surface area contributed by atoms with E-state index in [0.29, 0.717) is 11.2 Å². The van der Waals surface area contributed by atoms with Gasteiger partial charge in [-0.25, -0.2) is 4.98 Å². The highest BCUT2D eigenvalue weighted by molar-refractivity contribution is 6.32. The highest BCUT2D eigenvalue weighted by Crippen LogP contribution is 2.35. The number of aromatic nitrogens is 1. The van der Waals surface area contributed by atoms with Crippen molar-refractivity contribution in [2.75, 3.05) is 13.6 Å². The minimum absolute atomic E-state index is 0.0000607. The lowest BCUT2D eigenvalue weighted by Crippen LogP contribution is -2.17. The SMILES string of the molecule is CN1CCC[C@H]1c1cnc(Cl)c(-c2ccccc2CO)c1. The van der Waals surface area contributed by atoms with Crippen molar-refractivity contribution in [3.63, 3.8) is 0 Å². The topological polar surface area (TPSA) is 36.4 Å². The second-order valence-electron chi connectivity index (χ2n) is 5.56. The summed E-state index contributed by atoms with van der Waals surface area (Å²) in [5.74, 6) is 0. The Hall–Kier alpha value is -1.42. The molecule has 0 saturated carbocycles. The number of benzene rings is 1. The number of hydrogen-bond acceptors (Lipinski definition) is 3. The third kappa shape index (κ3) is 2.82. The van der Waals surface area contributed by atoms with Gasteiger partial charge in [0.15, 0.2) is 0 Å². The number of nitrogens with zero attached hydrogens (tertiary/aromatic N) is 2. The van der Waals surface area contributed by atoms with Gasteiger partial charge in [0.05, 0.1) is 6.61 Å². The van der Waals surface area contributed by atoms with E-state index in [2.05, 4.69) is 23.0 Å². The minimum Gasteiger partial charge on any atom is -0.392 e. The van der Waals surface area contributed by atoms with E-state index in [1.807, 2.05) is 30.5 Å². The molecule has 0 spiro atoms. The van der Waals surface area contributed by atoms with Crippen LogP contribution in [0.15, 0.2) is 36.5 Å². The van der Waals surface area contributed by atoms with Gasteiger partial charge in [-0.05, 0) is 49.2 Å². The first-order valence-corrected chi connectivity index (χ1v) is 7.63. The molecule has 3 nitrogen and oxygen atoms in total. The summed E-state index contributed by atoms with van der Waals surface area (Å²) >= 11 is 6.30. The number of pyridine rings is 1. The van der Waals surface area contributed by atoms with Crippen LogP contribution in [-0.4, -0.2) is 28.6 Å². The normalized spacial score (nSPS) is 19.1. The zero-order valence-electron chi connectivity index (χ0n) is 12.1. The van der Waals surface area contributed by atoms with E-state index in [-0.39, 0.29) is 6.61 Å². The van der Waals surface area contributed by atoms with E-state index in [9.17, 15) is 5.11 Å². The van der Waals surface area contributed by atoms with Gasteiger partial charge in [-0.3, -0.25) is 4.90 Å². The quantitative estimate of drug-likeness (QED) is 0.879. The summed E-state index contributed by atoms with van der Waals surface area (Å²) in [6.45, 7) is 1.12. The molecule has 2 heterocycles. The van der Waals surface area contributed by atoms with Crippen molar-refractivity contribution < 1.29 is 5.11 Å². The molecule has 2 aromatic rings. The van der Waals surface area contributed by atoms with Crippen LogP contribution in [0, 0.1) is 0 Å². The molecule has 1 aliphatic rings. The second-order valence-corrected chi connectivity index (χ2v) is 5.92. The number of aliphatic hydroxyl groups excluding tert-OH is 1. The van der Waals surface area contributed by atoms with Crippen LogP contribution in [0.2, 0.25) is 5.15 Å². The minimum atomic E-state index is 0.0000607. The lowest BCUT2D eigenvalue weighted by atomic mass is 9.98. The Balaban J connectivity index is 2.06. The molecule has 1 atom stereocenters. The number of halogens is 1. The maximum Gasteiger partial charge on any atom is 0.136 e. The zero-order chi connectivity index (χ0) is 14.8. The average molecular weight is 303 g/mol. The van der Waals surface area contributed by atoms with Crippen molar-refractivity contribution in [1.82, 2.24) is 9.88 Å². The summed E-state index contributed by atoms with van der Waals surface area (Å²) in [6.07, 6.45) is 4.24. The predicted octanol–water partition coefficient (Wildman–Crippen LogP) is 3.66. The second kappa shape index (κ2) is 6.14. The Morgan fingerprint density at radius 1 is 1.33 bits per heavy atom. The fourth-order valence-corrected chi connectivity index (χ4v) is 3.29. The molecular formula is C17H19ClN2O. The van der Waals surface area contributed by atoms with Gasteiger partial charge in [0.1, 0.15) is 5.15 Å². The molecule has 4 heteroatoms. The third-order valence-corrected chi connectivity index (χ3v) is 4.54. The third-order valence-electron chi connectivity index (χ3n) is 4.24. The van der Waals surface area contributed by atoms with Crippen LogP contribution >= 0.6 is 11.6 Å². The maximum absolute atomic E-state index is 9.52. The Bertz CT molecular complexity index is 644. The molecule has 1 N–H and O–H groups in total. The van der Waals surface area contributed by atoms with E-state index >= 15 is 0 Å². The number of likely N-dealkylation sites (tertiary alicyclic amines) is 1. The van der Waals surface area contributed by atoms with Gasteiger partial charge in [-0.15, -0.1) is 0 Å². The molecule has 1 saturated heterocycles. The number of rotatable bonds is 3. The molecular weight excluding hydrogens is 284 g/mol. The fraction of sp³-hybridized carbons (Fsp3) is 0.353. The average Bonchev–Trinajstić information content (AvgIpc) is 2.94. The Labute approximate surface area is 130 Å². The first kappa shape index (κ1) is 14.5. The van der Waals surface area contributed by atoms with E-state index in [1.165, 1.54) is 12.0 Å². The molecule has 110 valence electrons. The standard InChI is InChI=1S/C17H19ClN2O/c1-20-8-4-7-16(20)13-9-15(17(18)19-10-13)14-6-3-2-5-12(14)11-21/h2-3,5-6,9-10,16,21H,4,7-8,11H2,1H3/t16-/m0/s1. The molecule has 0 unspecified atom stereocenters. The van der Waals surface area contributed by atoms with E-state index in [1.54, 1.807) is 0 Å². The smallest absolute Gasteiger partial charge is 0.136 e. The predicted molar refractivity (Wildman–Crippen MR) is 85.2 cm³/mol. The zero-order valence-corrected chi connectivity index (χ0v) is 12.8. The van der Waals surface area contributed by atoms with Gasteiger partial charge >= 0.3 is 0 Å². The highest BCUT2D eigenvalue weighted by atomic mass is 35.5. The summed E-state index contributed by atoms with van der Waals surface area (Å²) in [6, 6.07) is 10.3. The fourth-order valence-electron chi connectivity index (χ4n) is 3.09. The summed E-state index contributed by atoms with van der Waals surface area (Å²) in [5, 5.41) is 10.0. The van der Waals surface area contributed by atoms with Crippen LogP contribution < -0.4 is 0 Å². The van der Waals surface area contributed by atoms with Gasteiger partial charge in [0, 0.05) is 17.8 Å². The van der Waals surface area contributed by atoms with Crippen LogP contribution in [0.3, 0.4) is 0 Å². The van der Waals surface area contributed by atoms with Crippen molar-refractivity contribution in [3.05, 3.63) is 52.8 Å². The summed E-state index contributed by atoms with van der Waals surface area (Å²) < 4.78 is 0. The number of hydrogen-bond donors (Lipinski definition) is 1. The molecule has 21 heavy (non-hydrogen) atoms. The molecule has 1 aromatic heterocycles. The summed E-state index contributed by atoms with van der Waals surface area (Å²) in [5.41, 5.74) is 3.93. The van der Waals surface area contributed by atoms with Crippen molar-refractivity contribution >= 4 is 11.6 Å². The molecule has 0 radical (unpaired) electrons. The van der Waals surface area contributed by atoms with Crippen molar-refractivity contribution in [2.24, 2.45) is 0 Å². The highest BCUT2D eigenvalue weighted by Gasteiger charge is 2.24. The van der Waals surface area contributed by atoms with Crippen LogP contribution in [0.4, 0.5) is 0 Å². The van der Waals surface area contributed by atoms with Crippen LogP contribution in [0.25, 0.3) is 11.1 Å². The van der Waals surface area contributed by atoms with Crippen LogP contribution in [-0.2, 0) is 6.61 Å². The van der Waals surface area contributed by atoms with E-state index < -0.39 is 0 Å². The largest absolute Gasteiger partial charge is 0.392 e. The van der Waals surface area contributed by atoms with Gasteiger partial charge in [0.25, 0.3) is 0 Å². The lowest BCUT2D eigenvalue weighted by molar-refractivity contribution is 0.282. The van der Waals surface area contributed by atoms with Gasteiger partial charge in [0.2, 0.25) is 0 Å². The van der Waals surface area contributed by atoms with Gasteiger partial charge in [-0.2, -0.15) is 0 Å². The molecule has 1 aromatic carbocycles. The first-order chi connectivity index (χ1) is 10.2. The van der Waals surface area contributed by atoms with E-state index in [0.717, 1.165) is 29.7 Å². The van der Waals surface area contributed by atoms with Gasteiger partial charge in [-0.1, -0.05) is 35.9 Å². The molecule has 0 aliphatic carbocycles. The molecule has 0 bridgehead atoms. The molecule has 1 aliphatic heterocycles. The van der Waals surface area contributed by atoms with Crippen LogP contribution in [0.5, 0.6) is 0 Å². The Morgan fingerprint density at radius 3 is 2.86 bits per heavy atom. The molecule has 0 amide bonds. The molecule has 1 fully saturated rings. The lowest BCUT2D eigenvalue weighted by Gasteiger charge is -2.20. The van der Waals surface area contributed by atoms with Gasteiger partial charge < -0.3 is 5.11 Å². The number of aliphatic hydroxyl groups is 1. The Kier molecular flexibility index (Phi) is 4.24. The van der Waals surface area contributed by atoms with E-state index in [4.69, 9.17) is 11.6 Å². The van der Waals surface area contributed by atoms with Crippen LogP contribution in [0.1, 0.15) is 30.0 Å². The summed E-state index contributed by atoms with van der Waals surface area (Å²) in [4.78, 5) is 6.72. The first-order valence-electron chi connectivity index (χ1n) is 7.25. The maximum atomic E-state index is 9.52. The summed E-state index contributed by atoms with van der Waals surface area (Å²) in [7, 11) is 2.15.